The number of benzene rings is 2. The van der Waals surface area contributed by atoms with E-state index >= 15 is 0 Å². The smallest absolute Gasteiger partial charge is 0.406 e. The highest BCUT2D eigenvalue weighted by molar-refractivity contribution is 5.82. The highest BCUT2D eigenvalue weighted by Crippen LogP contribution is 2.43. The number of carbonyl (C=O) groups is 1. The highest BCUT2D eigenvalue weighted by atomic mass is 19.4. The number of fused-ring (bicyclic) bond motifs is 1. The Bertz CT molecular complexity index is 1640. The lowest BCUT2D eigenvalue weighted by Crippen LogP contribution is -2.49. The van der Waals surface area contributed by atoms with E-state index in [0.717, 1.165) is 21.8 Å². The lowest BCUT2D eigenvalue weighted by molar-refractivity contribution is -0.166. The van der Waals surface area contributed by atoms with Crippen LogP contribution in [0, 0.1) is 12.8 Å². The van der Waals surface area contributed by atoms with Crippen molar-refractivity contribution in [1.29, 1.82) is 0 Å². The van der Waals surface area contributed by atoms with Gasteiger partial charge in [0.25, 0.3) is 0 Å². The molecule has 1 amide bonds. The number of allylic oxidation sites excluding steroid dienone is 2. The number of ether oxygens (including phenoxy) is 1. The molecule has 4 aromatic rings. The molecule has 0 radical (unpaired) electrons. The Kier molecular flexibility index (Phi) is 7.17. The van der Waals surface area contributed by atoms with Crippen LogP contribution in [0.25, 0.3) is 16.9 Å². The van der Waals surface area contributed by atoms with E-state index in [-0.39, 0.29) is 18.3 Å². The number of halogens is 3. The van der Waals surface area contributed by atoms with Gasteiger partial charge in [-0.15, -0.1) is 5.10 Å². The molecule has 0 spiro atoms. The number of aryl methyl sites for hydroxylation is 1. The van der Waals surface area contributed by atoms with Crippen LogP contribution in [0.4, 0.5) is 13.2 Å². The molecule has 2 aromatic carbocycles. The SMILES string of the molecule is COc1cc(-c2cn(C3CC(c4ccccc4)C4C=CC=CC4N(CC(F)(F)F)C3=O)nn2)ccc1-n1cnc(C)c1. The van der Waals surface area contributed by atoms with Gasteiger partial charge < -0.3 is 14.2 Å². The fourth-order valence-electron chi connectivity index (χ4n) is 5.95. The number of hydrogen-bond donors (Lipinski definition) is 0. The van der Waals surface area contributed by atoms with Crippen molar-refractivity contribution in [3.8, 4) is 22.7 Å². The van der Waals surface area contributed by atoms with E-state index in [2.05, 4.69) is 15.3 Å². The fraction of sp³-hybridized carbons (Fsp3) is 0.290. The normalized spacial score (nSPS) is 22.2. The summed E-state index contributed by atoms with van der Waals surface area (Å²) < 4.78 is 50.3. The number of alkyl halides is 3. The Hall–Kier alpha value is -4.67. The molecule has 4 atom stereocenters. The minimum absolute atomic E-state index is 0.227. The summed E-state index contributed by atoms with van der Waals surface area (Å²) in [6.45, 7) is 0.543. The molecule has 6 rings (SSSR count). The quantitative estimate of drug-likeness (QED) is 0.296. The summed E-state index contributed by atoms with van der Waals surface area (Å²) >= 11 is 0. The minimum atomic E-state index is -4.56. The summed E-state index contributed by atoms with van der Waals surface area (Å²) in [6, 6.07) is 13.4. The molecule has 2 aliphatic rings. The molecule has 0 bridgehead atoms. The number of rotatable bonds is 6. The van der Waals surface area contributed by atoms with Gasteiger partial charge in [-0.2, -0.15) is 13.2 Å². The van der Waals surface area contributed by atoms with E-state index < -0.39 is 30.7 Å². The second-order valence-corrected chi connectivity index (χ2v) is 10.6. The van der Waals surface area contributed by atoms with Crippen molar-refractivity contribution >= 4 is 5.91 Å². The molecule has 1 aliphatic heterocycles. The van der Waals surface area contributed by atoms with Gasteiger partial charge >= 0.3 is 6.18 Å². The Balaban J connectivity index is 1.39. The highest BCUT2D eigenvalue weighted by Gasteiger charge is 2.47. The molecule has 1 aliphatic carbocycles. The van der Waals surface area contributed by atoms with Crippen molar-refractivity contribution in [3.63, 3.8) is 0 Å². The molecule has 1 fully saturated rings. The van der Waals surface area contributed by atoms with Gasteiger partial charge in [0.05, 0.1) is 37.1 Å². The zero-order valence-corrected chi connectivity index (χ0v) is 23.0. The second kappa shape index (κ2) is 11.0. The predicted molar refractivity (Wildman–Crippen MR) is 150 cm³/mol. The molecular weight excluding hydrogens is 545 g/mol. The van der Waals surface area contributed by atoms with Crippen molar-refractivity contribution in [2.24, 2.45) is 5.92 Å². The Morgan fingerprint density at radius 3 is 2.55 bits per heavy atom. The number of aromatic nitrogens is 5. The third kappa shape index (κ3) is 5.34. The average Bonchev–Trinajstić information content (AvgIpc) is 3.63. The molecule has 0 saturated carbocycles. The topological polar surface area (TPSA) is 78.1 Å². The van der Waals surface area contributed by atoms with E-state index in [0.29, 0.717) is 17.0 Å². The summed E-state index contributed by atoms with van der Waals surface area (Å²) in [4.78, 5) is 19.2. The van der Waals surface area contributed by atoms with Gasteiger partial charge in [-0.1, -0.05) is 65.9 Å². The summed E-state index contributed by atoms with van der Waals surface area (Å²) in [6.07, 6.45) is 8.03. The van der Waals surface area contributed by atoms with Gasteiger partial charge in [-0.25, -0.2) is 9.67 Å². The Morgan fingerprint density at radius 1 is 1.05 bits per heavy atom. The first-order chi connectivity index (χ1) is 20.2. The van der Waals surface area contributed by atoms with Gasteiger partial charge in [-0.3, -0.25) is 4.79 Å². The molecule has 2 aromatic heterocycles. The van der Waals surface area contributed by atoms with Crippen LogP contribution in [0.3, 0.4) is 0 Å². The number of imidazole rings is 1. The molecular formula is C31H29F3N6O2. The van der Waals surface area contributed by atoms with Crippen molar-refractivity contribution in [1.82, 2.24) is 29.4 Å². The van der Waals surface area contributed by atoms with Gasteiger partial charge in [0, 0.05) is 17.7 Å². The minimum Gasteiger partial charge on any atom is -0.495 e. The molecule has 216 valence electrons. The van der Waals surface area contributed by atoms with Gasteiger partial charge in [-0.05, 0) is 37.0 Å². The lowest BCUT2D eigenvalue weighted by Gasteiger charge is -2.36. The van der Waals surface area contributed by atoms with Crippen LogP contribution in [0.15, 0.2) is 91.6 Å². The molecule has 1 saturated heterocycles. The van der Waals surface area contributed by atoms with Gasteiger partial charge in [0.15, 0.2) is 0 Å². The van der Waals surface area contributed by atoms with Gasteiger partial charge in [0.1, 0.15) is 24.0 Å². The van der Waals surface area contributed by atoms with Gasteiger partial charge in [0.2, 0.25) is 5.91 Å². The first kappa shape index (κ1) is 27.5. The maximum absolute atomic E-state index is 14.0. The fourth-order valence-corrected chi connectivity index (χ4v) is 5.95. The first-order valence-electron chi connectivity index (χ1n) is 13.6. The zero-order valence-electron chi connectivity index (χ0n) is 23.0. The lowest BCUT2D eigenvalue weighted by atomic mass is 9.77. The third-order valence-corrected chi connectivity index (χ3v) is 7.89. The van der Waals surface area contributed by atoms with Crippen LogP contribution in [0.1, 0.15) is 29.6 Å². The van der Waals surface area contributed by atoms with Crippen LogP contribution in [-0.4, -0.2) is 61.2 Å². The van der Waals surface area contributed by atoms with E-state index in [1.807, 2.05) is 72.3 Å². The average molecular weight is 575 g/mol. The van der Waals surface area contributed by atoms with E-state index in [1.54, 1.807) is 37.9 Å². The Morgan fingerprint density at radius 2 is 1.83 bits per heavy atom. The van der Waals surface area contributed by atoms with Crippen molar-refractivity contribution < 1.29 is 22.7 Å². The van der Waals surface area contributed by atoms with E-state index in [1.165, 1.54) is 4.68 Å². The summed E-state index contributed by atoms with van der Waals surface area (Å²) in [7, 11) is 1.56. The monoisotopic (exact) mass is 574 g/mol. The van der Waals surface area contributed by atoms with Crippen molar-refractivity contribution in [2.75, 3.05) is 13.7 Å². The number of amides is 1. The van der Waals surface area contributed by atoms with E-state index in [9.17, 15) is 18.0 Å². The number of likely N-dealkylation sites (tertiary alicyclic amines) is 1. The molecule has 8 nitrogen and oxygen atoms in total. The number of nitrogens with zero attached hydrogens (tertiary/aromatic N) is 6. The van der Waals surface area contributed by atoms with Crippen molar-refractivity contribution in [2.45, 2.75) is 37.5 Å². The third-order valence-electron chi connectivity index (χ3n) is 7.89. The van der Waals surface area contributed by atoms with Crippen molar-refractivity contribution in [3.05, 3.63) is 103 Å². The summed E-state index contributed by atoms with van der Waals surface area (Å²) in [5.74, 6) is -0.621. The largest absolute Gasteiger partial charge is 0.495 e. The predicted octanol–water partition coefficient (Wildman–Crippen LogP) is 5.68. The maximum Gasteiger partial charge on any atom is 0.406 e. The van der Waals surface area contributed by atoms with Crippen LogP contribution in [0.5, 0.6) is 5.75 Å². The molecule has 4 unspecified atom stereocenters. The van der Waals surface area contributed by atoms with Crippen LogP contribution < -0.4 is 4.74 Å². The van der Waals surface area contributed by atoms with Crippen LogP contribution in [-0.2, 0) is 4.79 Å². The first-order valence-corrected chi connectivity index (χ1v) is 13.6. The van der Waals surface area contributed by atoms with Crippen LogP contribution >= 0.6 is 0 Å². The number of carbonyl (C=O) groups excluding carboxylic acids is 1. The second-order valence-electron chi connectivity index (χ2n) is 10.6. The number of hydrogen-bond acceptors (Lipinski definition) is 5. The molecule has 42 heavy (non-hydrogen) atoms. The zero-order chi connectivity index (χ0) is 29.4. The maximum atomic E-state index is 14.0. The summed E-state index contributed by atoms with van der Waals surface area (Å²) in [5, 5.41) is 8.58. The number of methoxy groups -OCH3 is 1. The summed E-state index contributed by atoms with van der Waals surface area (Å²) in [5.41, 5.74) is 3.75. The molecule has 0 N–H and O–H groups in total. The molecule has 11 heteroatoms. The molecule has 3 heterocycles. The van der Waals surface area contributed by atoms with E-state index in [4.69, 9.17) is 4.74 Å². The van der Waals surface area contributed by atoms with Crippen LogP contribution in [0.2, 0.25) is 0 Å². The standard InChI is InChI=1S/C31H29F3N6O2/c1-20-16-38(19-35-20)27-13-12-22(14-29(27)42-2)25-17-40(37-36-25)28-15-24(21-8-4-3-5-9-21)23-10-6-7-11-26(23)39(30(28)41)18-31(32,33)34/h3-14,16-17,19,23-24,26,28H,15,18H2,1-2H3. The Labute approximate surface area is 240 Å².